The zero-order valence-electron chi connectivity index (χ0n) is 10.5. The van der Waals surface area contributed by atoms with Crippen LogP contribution in [0.1, 0.15) is 5.56 Å². The number of para-hydroxylation sites is 1. The van der Waals surface area contributed by atoms with Gasteiger partial charge in [-0.3, -0.25) is 0 Å². The summed E-state index contributed by atoms with van der Waals surface area (Å²) in [5, 5.41) is 5.66. The van der Waals surface area contributed by atoms with Crippen molar-refractivity contribution < 1.29 is 0 Å². The quantitative estimate of drug-likeness (QED) is 0.699. The maximum atomic E-state index is 5.94. The molecular weight excluding hydrogens is 234 g/mol. The molecule has 2 aromatic carbocycles. The van der Waals surface area contributed by atoms with Crippen molar-refractivity contribution in [3.8, 4) is 0 Å². The lowest BCUT2D eigenvalue weighted by Gasteiger charge is -2.10. The van der Waals surface area contributed by atoms with Gasteiger partial charge in [-0.2, -0.15) is 0 Å². The second kappa shape index (κ2) is 4.98. The van der Waals surface area contributed by atoms with Crippen LogP contribution in [0.25, 0.3) is 10.8 Å². The molecule has 3 heteroatoms. The highest BCUT2D eigenvalue weighted by atomic mass is 15.0. The Balaban J connectivity index is 1.88. The molecule has 94 valence electrons. The second-order valence-electron chi connectivity index (χ2n) is 4.43. The van der Waals surface area contributed by atoms with Crippen LogP contribution < -0.4 is 11.1 Å². The zero-order chi connectivity index (χ0) is 13.1. The Bertz CT molecular complexity index is 702. The first-order valence-electron chi connectivity index (χ1n) is 6.25. The number of rotatable bonds is 3. The number of nitrogens with one attached hydrogen (secondary N) is 1. The number of nitrogen functional groups attached to an aromatic ring is 1. The molecule has 0 radical (unpaired) electrons. The van der Waals surface area contributed by atoms with Crippen molar-refractivity contribution in [1.29, 1.82) is 0 Å². The number of benzene rings is 2. The molecular formula is C16H15N3. The van der Waals surface area contributed by atoms with Crippen LogP contribution in [-0.2, 0) is 6.54 Å². The average molecular weight is 249 g/mol. The zero-order valence-corrected chi connectivity index (χ0v) is 10.5. The molecule has 0 aliphatic rings. The molecule has 0 aliphatic carbocycles. The van der Waals surface area contributed by atoms with E-state index in [9.17, 15) is 0 Å². The molecule has 1 aromatic heterocycles. The molecule has 19 heavy (non-hydrogen) atoms. The van der Waals surface area contributed by atoms with Crippen LogP contribution >= 0.6 is 0 Å². The molecule has 0 fully saturated rings. The third-order valence-electron chi connectivity index (χ3n) is 3.18. The highest BCUT2D eigenvalue weighted by molar-refractivity contribution is 5.91. The summed E-state index contributed by atoms with van der Waals surface area (Å²) in [6.45, 7) is 0.674. The number of hydrogen-bond donors (Lipinski definition) is 2. The Hall–Kier alpha value is -2.55. The topological polar surface area (TPSA) is 50.9 Å². The van der Waals surface area contributed by atoms with Crippen LogP contribution in [0.4, 0.5) is 11.5 Å². The number of hydrogen-bond acceptors (Lipinski definition) is 3. The minimum atomic E-state index is 0.674. The largest absolute Gasteiger partial charge is 0.398 e. The van der Waals surface area contributed by atoms with Crippen molar-refractivity contribution in [2.45, 2.75) is 6.54 Å². The maximum absolute atomic E-state index is 5.94. The molecule has 0 saturated heterocycles. The lowest BCUT2D eigenvalue weighted by atomic mass is 10.1. The van der Waals surface area contributed by atoms with Gasteiger partial charge in [0.15, 0.2) is 0 Å². The average Bonchev–Trinajstić information content (AvgIpc) is 2.46. The van der Waals surface area contributed by atoms with Gasteiger partial charge >= 0.3 is 0 Å². The number of fused-ring (bicyclic) bond motifs is 1. The van der Waals surface area contributed by atoms with Crippen molar-refractivity contribution in [1.82, 2.24) is 4.98 Å². The van der Waals surface area contributed by atoms with E-state index in [1.54, 1.807) is 0 Å². The molecule has 0 saturated carbocycles. The first-order valence-corrected chi connectivity index (χ1v) is 6.25. The minimum Gasteiger partial charge on any atom is -0.398 e. The Kier molecular flexibility index (Phi) is 3.02. The summed E-state index contributed by atoms with van der Waals surface area (Å²) in [6.07, 6.45) is 1.82. The smallest absolute Gasteiger partial charge is 0.134 e. The summed E-state index contributed by atoms with van der Waals surface area (Å²) < 4.78 is 0. The number of nitrogens with two attached hydrogens (primary N) is 1. The Labute approximate surface area is 112 Å². The lowest BCUT2D eigenvalue weighted by molar-refractivity contribution is 1.12. The Morgan fingerprint density at radius 3 is 2.63 bits per heavy atom. The highest BCUT2D eigenvalue weighted by Gasteiger charge is 2.02. The summed E-state index contributed by atoms with van der Waals surface area (Å²) in [7, 11) is 0. The van der Waals surface area contributed by atoms with Gasteiger partial charge in [-0.25, -0.2) is 4.98 Å². The van der Waals surface area contributed by atoms with Gasteiger partial charge < -0.3 is 11.1 Å². The molecule has 3 aromatic rings. The number of aromatic nitrogens is 1. The van der Waals surface area contributed by atoms with Crippen LogP contribution in [0, 0.1) is 0 Å². The van der Waals surface area contributed by atoms with Crippen molar-refractivity contribution in [2.75, 3.05) is 11.1 Å². The van der Waals surface area contributed by atoms with Gasteiger partial charge in [-0.05, 0) is 23.1 Å². The fourth-order valence-corrected chi connectivity index (χ4v) is 2.13. The first kappa shape index (κ1) is 11.5. The molecule has 0 aliphatic heterocycles. The summed E-state index contributed by atoms with van der Waals surface area (Å²) in [4.78, 5) is 4.40. The SMILES string of the molecule is Nc1ccccc1CNc1nccc2ccccc12. The second-order valence-corrected chi connectivity index (χ2v) is 4.43. The van der Waals surface area contributed by atoms with Crippen LogP contribution in [0.15, 0.2) is 60.8 Å². The van der Waals surface area contributed by atoms with Gasteiger partial charge in [0.25, 0.3) is 0 Å². The van der Waals surface area contributed by atoms with Crippen molar-refractivity contribution in [3.63, 3.8) is 0 Å². The van der Waals surface area contributed by atoms with E-state index in [2.05, 4.69) is 22.4 Å². The van der Waals surface area contributed by atoms with Crippen molar-refractivity contribution in [3.05, 3.63) is 66.4 Å². The predicted octanol–water partition coefficient (Wildman–Crippen LogP) is 3.43. The third kappa shape index (κ3) is 2.36. The summed E-state index contributed by atoms with van der Waals surface area (Å²) >= 11 is 0. The maximum Gasteiger partial charge on any atom is 0.134 e. The summed E-state index contributed by atoms with van der Waals surface area (Å²) in [5.41, 5.74) is 7.82. The monoisotopic (exact) mass is 249 g/mol. The van der Waals surface area contributed by atoms with Gasteiger partial charge in [0.05, 0.1) is 0 Å². The van der Waals surface area contributed by atoms with Crippen molar-refractivity contribution >= 4 is 22.3 Å². The Morgan fingerprint density at radius 1 is 0.947 bits per heavy atom. The van der Waals surface area contributed by atoms with Crippen LogP contribution in [-0.4, -0.2) is 4.98 Å². The fourth-order valence-electron chi connectivity index (χ4n) is 2.13. The molecule has 0 bridgehead atoms. The van der Waals surface area contributed by atoms with E-state index in [0.29, 0.717) is 6.54 Å². The number of anilines is 2. The van der Waals surface area contributed by atoms with E-state index < -0.39 is 0 Å². The molecule has 1 heterocycles. The third-order valence-corrected chi connectivity index (χ3v) is 3.18. The fraction of sp³-hybridized carbons (Fsp3) is 0.0625. The summed E-state index contributed by atoms with van der Waals surface area (Å²) in [5.74, 6) is 0.890. The normalized spacial score (nSPS) is 10.5. The molecule has 0 unspecified atom stereocenters. The van der Waals surface area contributed by atoms with E-state index in [-0.39, 0.29) is 0 Å². The van der Waals surface area contributed by atoms with Gasteiger partial charge in [0.1, 0.15) is 5.82 Å². The molecule has 0 amide bonds. The highest BCUT2D eigenvalue weighted by Crippen LogP contribution is 2.21. The van der Waals surface area contributed by atoms with Crippen molar-refractivity contribution in [2.24, 2.45) is 0 Å². The van der Waals surface area contributed by atoms with Crippen LogP contribution in [0.2, 0.25) is 0 Å². The molecule has 3 rings (SSSR count). The number of pyridine rings is 1. The molecule has 3 N–H and O–H groups in total. The number of nitrogens with zero attached hydrogens (tertiary/aromatic N) is 1. The predicted molar refractivity (Wildman–Crippen MR) is 79.9 cm³/mol. The van der Waals surface area contributed by atoms with E-state index in [4.69, 9.17) is 5.73 Å². The molecule has 3 nitrogen and oxygen atoms in total. The van der Waals surface area contributed by atoms with Crippen LogP contribution in [0.3, 0.4) is 0 Å². The van der Waals surface area contributed by atoms with Gasteiger partial charge in [0, 0.05) is 23.8 Å². The standard InChI is InChI=1S/C16H15N3/c17-15-8-4-2-6-13(15)11-19-16-14-7-3-1-5-12(14)9-10-18-16/h1-10H,11,17H2,(H,18,19). The van der Waals surface area contributed by atoms with Gasteiger partial charge in [0.2, 0.25) is 0 Å². The molecule has 0 spiro atoms. The van der Waals surface area contributed by atoms with E-state index in [1.807, 2.05) is 48.7 Å². The van der Waals surface area contributed by atoms with E-state index >= 15 is 0 Å². The lowest BCUT2D eigenvalue weighted by Crippen LogP contribution is -2.04. The summed E-state index contributed by atoms with van der Waals surface area (Å²) in [6, 6.07) is 18.1. The first-order chi connectivity index (χ1) is 9.34. The van der Waals surface area contributed by atoms with Gasteiger partial charge in [-0.1, -0.05) is 42.5 Å². The molecule has 0 atom stereocenters. The Morgan fingerprint density at radius 2 is 1.74 bits per heavy atom. The van der Waals surface area contributed by atoms with E-state index in [1.165, 1.54) is 5.39 Å². The van der Waals surface area contributed by atoms with Crippen LogP contribution in [0.5, 0.6) is 0 Å². The minimum absolute atomic E-state index is 0.674. The van der Waals surface area contributed by atoms with Gasteiger partial charge in [-0.15, -0.1) is 0 Å². The van der Waals surface area contributed by atoms with E-state index in [0.717, 1.165) is 22.5 Å².